The fourth-order valence-corrected chi connectivity index (χ4v) is 3.48. The second kappa shape index (κ2) is 6.40. The number of hydrogen-bond acceptors (Lipinski definition) is 1. The highest BCUT2D eigenvalue weighted by molar-refractivity contribution is 9.10. The van der Waals surface area contributed by atoms with Gasteiger partial charge >= 0.3 is 0 Å². The van der Waals surface area contributed by atoms with Crippen molar-refractivity contribution in [1.82, 2.24) is 5.32 Å². The minimum absolute atomic E-state index is 0.635. The lowest BCUT2D eigenvalue weighted by atomic mass is 9.80. The highest BCUT2D eigenvalue weighted by atomic mass is 79.9. The maximum atomic E-state index is 6.21. The zero-order chi connectivity index (χ0) is 13.1. The summed E-state index contributed by atoms with van der Waals surface area (Å²) < 4.78 is 1.09. The minimum Gasteiger partial charge on any atom is -0.310 e. The third-order valence-corrected chi connectivity index (χ3v) is 4.86. The lowest BCUT2D eigenvalue weighted by Crippen LogP contribution is -2.38. The van der Waals surface area contributed by atoms with Gasteiger partial charge in [0.1, 0.15) is 0 Å². The molecule has 18 heavy (non-hydrogen) atoms. The van der Waals surface area contributed by atoms with Crippen molar-refractivity contribution in [2.45, 2.75) is 45.7 Å². The average Bonchev–Trinajstić information content (AvgIpc) is 2.32. The van der Waals surface area contributed by atoms with Crippen molar-refractivity contribution in [3.63, 3.8) is 0 Å². The van der Waals surface area contributed by atoms with Crippen LogP contribution in [-0.4, -0.2) is 6.04 Å². The smallest absolute Gasteiger partial charge is 0.0451 e. The van der Waals surface area contributed by atoms with Gasteiger partial charge in [-0.2, -0.15) is 0 Å². The Kier molecular flexibility index (Phi) is 5.11. The zero-order valence-corrected chi connectivity index (χ0v) is 13.4. The van der Waals surface area contributed by atoms with Gasteiger partial charge in [0.25, 0.3) is 0 Å². The molecule has 100 valence electrons. The topological polar surface area (TPSA) is 12.0 Å². The van der Waals surface area contributed by atoms with E-state index in [0.717, 1.165) is 27.9 Å². The maximum absolute atomic E-state index is 6.21. The van der Waals surface area contributed by atoms with E-state index in [-0.39, 0.29) is 0 Å². The minimum atomic E-state index is 0.635. The molecule has 1 aliphatic rings. The lowest BCUT2D eigenvalue weighted by molar-refractivity contribution is 0.227. The standard InChI is InChI=1S/C15H21BrClN/c1-10-3-6-15(11(2)7-10)18-9-12-8-13(16)4-5-14(12)17/h4-5,8,10-11,15,18H,3,6-7,9H2,1-2H3. The van der Waals surface area contributed by atoms with Crippen LogP contribution in [0.25, 0.3) is 0 Å². The van der Waals surface area contributed by atoms with Crippen LogP contribution in [0.5, 0.6) is 0 Å². The van der Waals surface area contributed by atoms with E-state index in [1.54, 1.807) is 0 Å². The average molecular weight is 331 g/mol. The van der Waals surface area contributed by atoms with Crippen molar-refractivity contribution < 1.29 is 0 Å². The molecule has 3 unspecified atom stereocenters. The van der Waals surface area contributed by atoms with Crippen molar-refractivity contribution in [3.05, 3.63) is 33.3 Å². The summed E-state index contributed by atoms with van der Waals surface area (Å²) in [6.45, 7) is 5.58. The van der Waals surface area contributed by atoms with Crippen molar-refractivity contribution in [2.75, 3.05) is 0 Å². The first-order valence-electron chi connectivity index (χ1n) is 6.73. The van der Waals surface area contributed by atoms with Crippen molar-refractivity contribution >= 4 is 27.5 Å². The summed E-state index contributed by atoms with van der Waals surface area (Å²) in [5.74, 6) is 1.65. The van der Waals surface area contributed by atoms with Crippen LogP contribution < -0.4 is 5.32 Å². The second-order valence-corrected chi connectivity index (χ2v) is 6.94. The number of hydrogen-bond donors (Lipinski definition) is 1. The quantitative estimate of drug-likeness (QED) is 0.821. The largest absolute Gasteiger partial charge is 0.310 e. The molecule has 0 aromatic heterocycles. The van der Waals surface area contributed by atoms with Crippen LogP contribution in [0.15, 0.2) is 22.7 Å². The predicted molar refractivity (Wildman–Crippen MR) is 82.0 cm³/mol. The molecule has 1 N–H and O–H groups in total. The molecule has 1 saturated carbocycles. The van der Waals surface area contributed by atoms with E-state index in [0.29, 0.717) is 6.04 Å². The summed E-state index contributed by atoms with van der Waals surface area (Å²) in [7, 11) is 0. The van der Waals surface area contributed by atoms with Crippen LogP contribution >= 0.6 is 27.5 Å². The van der Waals surface area contributed by atoms with Gasteiger partial charge in [0.15, 0.2) is 0 Å². The summed E-state index contributed by atoms with van der Waals surface area (Å²) in [5.41, 5.74) is 1.18. The highest BCUT2D eigenvalue weighted by Gasteiger charge is 2.24. The molecule has 0 amide bonds. The molecule has 1 nitrogen and oxygen atoms in total. The summed E-state index contributed by atoms with van der Waals surface area (Å²) in [4.78, 5) is 0. The predicted octanol–water partition coefficient (Wildman–Crippen LogP) is 5.02. The van der Waals surface area contributed by atoms with Crippen LogP contribution in [0, 0.1) is 11.8 Å². The fourth-order valence-electron chi connectivity index (χ4n) is 2.89. The molecule has 1 aromatic rings. The molecule has 0 radical (unpaired) electrons. The molecule has 0 spiro atoms. The van der Waals surface area contributed by atoms with Gasteiger partial charge in [-0.25, -0.2) is 0 Å². The van der Waals surface area contributed by atoms with Gasteiger partial charge in [0.05, 0.1) is 0 Å². The molecule has 1 aliphatic carbocycles. The molecule has 3 atom stereocenters. The first-order valence-corrected chi connectivity index (χ1v) is 7.90. The zero-order valence-electron chi connectivity index (χ0n) is 11.0. The third-order valence-electron chi connectivity index (χ3n) is 3.99. The molecule has 2 rings (SSSR count). The van der Waals surface area contributed by atoms with E-state index in [1.165, 1.54) is 24.8 Å². The molecular formula is C15H21BrClN. The maximum Gasteiger partial charge on any atom is 0.0451 e. The Morgan fingerprint density at radius 1 is 1.33 bits per heavy atom. The Morgan fingerprint density at radius 2 is 2.11 bits per heavy atom. The van der Waals surface area contributed by atoms with Gasteiger partial charge in [-0.1, -0.05) is 41.4 Å². The number of nitrogens with one attached hydrogen (secondary N) is 1. The van der Waals surface area contributed by atoms with Gasteiger partial charge in [0.2, 0.25) is 0 Å². The Bertz CT molecular complexity index is 407. The van der Waals surface area contributed by atoms with Gasteiger partial charge in [-0.3, -0.25) is 0 Å². The van der Waals surface area contributed by atoms with Gasteiger partial charge in [-0.05, 0) is 54.9 Å². The van der Waals surface area contributed by atoms with E-state index in [2.05, 4.69) is 41.2 Å². The Balaban J connectivity index is 1.93. The second-order valence-electron chi connectivity index (χ2n) is 5.62. The van der Waals surface area contributed by atoms with Crippen molar-refractivity contribution in [3.8, 4) is 0 Å². The molecule has 3 heteroatoms. The van der Waals surface area contributed by atoms with Gasteiger partial charge < -0.3 is 5.32 Å². The molecular weight excluding hydrogens is 310 g/mol. The first kappa shape index (κ1) is 14.4. The monoisotopic (exact) mass is 329 g/mol. The van der Waals surface area contributed by atoms with Gasteiger partial charge in [-0.15, -0.1) is 0 Å². The SMILES string of the molecule is CC1CCC(NCc2cc(Br)ccc2Cl)C(C)C1. The van der Waals surface area contributed by atoms with E-state index < -0.39 is 0 Å². The summed E-state index contributed by atoms with van der Waals surface area (Å²) in [5, 5.41) is 4.52. The lowest BCUT2D eigenvalue weighted by Gasteiger charge is -2.33. The molecule has 0 aliphatic heterocycles. The molecule has 0 bridgehead atoms. The van der Waals surface area contributed by atoms with Crippen LogP contribution in [0.3, 0.4) is 0 Å². The Morgan fingerprint density at radius 3 is 2.83 bits per heavy atom. The first-order chi connectivity index (χ1) is 8.56. The van der Waals surface area contributed by atoms with Crippen LogP contribution in [0.1, 0.15) is 38.7 Å². The number of halogens is 2. The van der Waals surface area contributed by atoms with E-state index in [1.807, 2.05) is 12.1 Å². The van der Waals surface area contributed by atoms with Crippen LogP contribution in [0.2, 0.25) is 5.02 Å². The van der Waals surface area contributed by atoms with Crippen molar-refractivity contribution in [2.24, 2.45) is 11.8 Å². The summed E-state index contributed by atoms with van der Waals surface area (Å²) >= 11 is 9.71. The van der Waals surface area contributed by atoms with E-state index >= 15 is 0 Å². The normalized spacial score (nSPS) is 28.3. The Labute approximate surface area is 123 Å². The van der Waals surface area contributed by atoms with Gasteiger partial charge in [0, 0.05) is 22.1 Å². The highest BCUT2D eigenvalue weighted by Crippen LogP contribution is 2.29. The summed E-state index contributed by atoms with van der Waals surface area (Å²) in [6.07, 6.45) is 3.96. The fraction of sp³-hybridized carbons (Fsp3) is 0.600. The molecule has 1 fully saturated rings. The summed E-state index contributed by atoms with van der Waals surface area (Å²) in [6, 6.07) is 6.67. The number of rotatable bonds is 3. The van der Waals surface area contributed by atoms with Crippen molar-refractivity contribution in [1.29, 1.82) is 0 Å². The Hall–Kier alpha value is -0.0500. The molecule has 0 heterocycles. The number of benzene rings is 1. The van der Waals surface area contributed by atoms with Crippen LogP contribution in [0.4, 0.5) is 0 Å². The van der Waals surface area contributed by atoms with Crippen LogP contribution in [-0.2, 0) is 6.54 Å². The van der Waals surface area contributed by atoms with E-state index in [4.69, 9.17) is 11.6 Å². The van der Waals surface area contributed by atoms with E-state index in [9.17, 15) is 0 Å². The molecule has 0 saturated heterocycles. The third kappa shape index (κ3) is 3.72. The molecule has 1 aromatic carbocycles.